The maximum atomic E-state index is 10.1. The Labute approximate surface area is 200 Å². The van der Waals surface area contributed by atoms with E-state index in [9.17, 15) is 10.2 Å². The molecule has 34 heavy (non-hydrogen) atoms. The third-order valence-electron chi connectivity index (χ3n) is 6.27. The van der Waals surface area contributed by atoms with Crippen LogP contribution in [0.4, 0.5) is 0 Å². The molecule has 0 amide bonds. The molecular weight excluding hydrogens is 424 g/mol. The Morgan fingerprint density at radius 3 is 1.24 bits per heavy atom. The molecule has 4 nitrogen and oxygen atoms in total. The Balaban J connectivity index is 0.000000142. The first-order valence-corrected chi connectivity index (χ1v) is 11.6. The van der Waals surface area contributed by atoms with Crippen molar-refractivity contribution in [2.75, 3.05) is 0 Å². The minimum Gasteiger partial charge on any atom is -0.483 e. The molecule has 4 aromatic carbocycles. The van der Waals surface area contributed by atoms with Crippen LogP contribution in [-0.2, 0) is 12.8 Å². The van der Waals surface area contributed by atoms with Gasteiger partial charge in [0.2, 0.25) is 0 Å². The van der Waals surface area contributed by atoms with Gasteiger partial charge in [0.15, 0.2) is 0 Å². The monoisotopic (exact) mass is 452 g/mol. The summed E-state index contributed by atoms with van der Waals surface area (Å²) in [6, 6.07) is 35.5. The lowest BCUT2D eigenvalue weighted by molar-refractivity contribution is 0.0208. The van der Waals surface area contributed by atoms with E-state index in [1.165, 1.54) is 0 Å². The third kappa shape index (κ3) is 4.84. The molecular formula is C30H28O4. The van der Waals surface area contributed by atoms with Gasteiger partial charge in [-0.25, -0.2) is 0 Å². The normalized spacial score (nSPS) is 22.6. The van der Waals surface area contributed by atoms with Crippen molar-refractivity contribution in [2.45, 2.75) is 37.3 Å². The predicted molar refractivity (Wildman–Crippen MR) is 132 cm³/mol. The van der Waals surface area contributed by atoms with Crippen LogP contribution >= 0.6 is 0 Å². The number of aliphatic hydroxyl groups is 2. The Bertz CT molecular complexity index is 1110. The van der Waals surface area contributed by atoms with Gasteiger partial charge in [-0.3, -0.25) is 0 Å². The summed E-state index contributed by atoms with van der Waals surface area (Å²) in [4.78, 5) is 0. The van der Waals surface area contributed by atoms with Crippen molar-refractivity contribution < 1.29 is 19.7 Å². The van der Waals surface area contributed by atoms with Gasteiger partial charge < -0.3 is 19.7 Å². The first-order valence-electron chi connectivity index (χ1n) is 11.6. The Morgan fingerprint density at radius 1 is 0.471 bits per heavy atom. The zero-order chi connectivity index (χ0) is 23.3. The van der Waals surface area contributed by atoms with Crippen LogP contribution in [0.25, 0.3) is 0 Å². The molecule has 0 saturated heterocycles. The van der Waals surface area contributed by atoms with E-state index in [1.54, 1.807) is 0 Å². The third-order valence-corrected chi connectivity index (χ3v) is 6.27. The average Bonchev–Trinajstić information content (AvgIpc) is 2.89. The van der Waals surface area contributed by atoms with Crippen molar-refractivity contribution in [3.05, 3.63) is 131 Å². The zero-order valence-electron chi connectivity index (χ0n) is 18.8. The predicted octanol–water partition coefficient (Wildman–Crippen LogP) is 5.45. The number of rotatable bonds is 2. The standard InChI is InChI=1S/2C15H14O2/c2*16-13-10-12-8-4-5-9-14(12)17-15(13)11-6-2-1-3-7-11/h2*1-9,13,15-16H,10H2. The summed E-state index contributed by atoms with van der Waals surface area (Å²) >= 11 is 0. The fourth-order valence-corrected chi connectivity index (χ4v) is 4.54. The fraction of sp³-hybridized carbons (Fsp3) is 0.200. The van der Waals surface area contributed by atoms with Gasteiger partial charge in [0.1, 0.15) is 23.7 Å². The molecule has 4 unspecified atom stereocenters. The molecule has 2 heterocycles. The van der Waals surface area contributed by atoms with Gasteiger partial charge in [0.05, 0.1) is 12.2 Å². The van der Waals surface area contributed by atoms with E-state index in [2.05, 4.69) is 0 Å². The second kappa shape index (κ2) is 10.1. The van der Waals surface area contributed by atoms with Crippen molar-refractivity contribution in [1.82, 2.24) is 0 Å². The number of para-hydroxylation sites is 2. The summed E-state index contributed by atoms with van der Waals surface area (Å²) in [5.41, 5.74) is 4.20. The largest absolute Gasteiger partial charge is 0.483 e. The number of hydrogen-bond donors (Lipinski definition) is 2. The van der Waals surface area contributed by atoms with Crippen LogP contribution in [0.2, 0.25) is 0 Å². The summed E-state index contributed by atoms with van der Waals surface area (Å²) in [6.07, 6.45) is -0.178. The highest BCUT2D eigenvalue weighted by atomic mass is 16.5. The number of aliphatic hydroxyl groups excluding tert-OH is 2. The van der Waals surface area contributed by atoms with Crippen molar-refractivity contribution >= 4 is 0 Å². The molecule has 2 aliphatic heterocycles. The molecule has 6 rings (SSSR count). The van der Waals surface area contributed by atoms with E-state index < -0.39 is 12.2 Å². The topological polar surface area (TPSA) is 58.9 Å². The van der Waals surface area contributed by atoms with Gasteiger partial charge in [-0.05, 0) is 34.4 Å². The molecule has 4 heteroatoms. The van der Waals surface area contributed by atoms with Gasteiger partial charge in [-0.1, -0.05) is 97.1 Å². The number of fused-ring (bicyclic) bond motifs is 2. The molecule has 2 aliphatic rings. The van der Waals surface area contributed by atoms with Crippen LogP contribution in [0.1, 0.15) is 34.5 Å². The van der Waals surface area contributed by atoms with Crippen LogP contribution in [0.3, 0.4) is 0 Å². The molecule has 0 aromatic heterocycles. The summed E-state index contributed by atoms with van der Waals surface area (Å²) in [5.74, 6) is 1.76. The van der Waals surface area contributed by atoms with Crippen molar-refractivity contribution in [1.29, 1.82) is 0 Å². The van der Waals surface area contributed by atoms with E-state index in [-0.39, 0.29) is 12.2 Å². The molecule has 0 radical (unpaired) electrons. The van der Waals surface area contributed by atoms with Gasteiger partial charge in [0.25, 0.3) is 0 Å². The number of benzene rings is 4. The summed E-state index contributed by atoms with van der Waals surface area (Å²) in [7, 11) is 0. The highest BCUT2D eigenvalue weighted by Gasteiger charge is 2.30. The second-order valence-electron chi connectivity index (χ2n) is 8.66. The van der Waals surface area contributed by atoms with Gasteiger partial charge in [-0.2, -0.15) is 0 Å². The minimum atomic E-state index is -0.479. The Hall–Kier alpha value is -3.60. The molecule has 4 atom stereocenters. The summed E-state index contributed by atoms with van der Waals surface area (Å²) in [6.45, 7) is 0. The van der Waals surface area contributed by atoms with Crippen molar-refractivity contribution in [3.8, 4) is 11.5 Å². The molecule has 0 aliphatic carbocycles. The van der Waals surface area contributed by atoms with Gasteiger partial charge in [0, 0.05) is 12.8 Å². The van der Waals surface area contributed by atoms with Crippen LogP contribution in [0, 0.1) is 0 Å². The van der Waals surface area contributed by atoms with E-state index in [4.69, 9.17) is 9.47 Å². The first-order chi connectivity index (χ1) is 16.7. The molecule has 172 valence electrons. The minimum absolute atomic E-state index is 0.258. The van der Waals surface area contributed by atoms with Crippen LogP contribution in [0.5, 0.6) is 11.5 Å². The van der Waals surface area contributed by atoms with Gasteiger partial charge in [-0.15, -0.1) is 0 Å². The van der Waals surface area contributed by atoms with Crippen LogP contribution in [0.15, 0.2) is 109 Å². The lowest BCUT2D eigenvalue weighted by Gasteiger charge is -2.30. The molecule has 2 N–H and O–H groups in total. The maximum Gasteiger partial charge on any atom is 0.150 e. The molecule has 0 saturated carbocycles. The smallest absolute Gasteiger partial charge is 0.150 e. The van der Waals surface area contributed by atoms with Gasteiger partial charge >= 0.3 is 0 Å². The Morgan fingerprint density at radius 2 is 0.824 bits per heavy atom. The molecule has 4 aromatic rings. The Kier molecular flexibility index (Phi) is 6.61. The van der Waals surface area contributed by atoms with E-state index in [0.717, 1.165) is 33.8 Å². The lowest BCUT2D eigenvalue weighted by atomic mass is 9.95. The molecule has 0 spiro atoms. The SMILES string of the molecule is OC1Cc2ccccc2OC1c1ccccc1.OC1Cc2ccccc2OC1c1ccccc1. The van der Waals surface area contributed by atoms with Crippen molar-refractivity contribution in [3.63, 3.8) is 0 Å². The van der Waals surface area contributed by atoms with E-state index in [1.807, 2.05) is 109 Å². The van der Waals surface area contributed by atoms with Crippen molar-refractivity contribution in [2.24, 2.45) is 0 Å². The average molecular weight is 453 g/mol. The van der Waals surface area contributed by atoms with E-state index >= 15 is 0 Å². The second-order valence-corrected chi connectivity index (χ2v) is 8.66. The lowest BCUT2D eigenvalue weighted by Crippen LogP contribution is -2.30. The first kappa shape index (κ1) is 22.2. The zero-order valence-corrected chi connectivity index (χ0v) is 18.8. The van der Waals surface area contributed by atoms with E-state index in [0.29, 0.717) is 12.8 Å². The number of hydrogen-bond acceptors (Lipinski definition) is 4. The molecule has 0 bridgehead atoms. The summed E-state index contributed by atoms with van der Waals surface area (Å²) < 4.78 is 11.8. The quantitative estimate of drug-likeness (QED) is 0.425. The number of ether oxygens (including phenoxy) is 2. The fourth-order valence-electron chi connectivity index (χ4n) is 4.54. The van der Waals surface area contributed by atoms with Crippen LogP contribution < -0.4 is 9.47 Å². The highest BCUT2D eigenvalue weighted by Crippen LogP contribution is 2.35. The van der Waals surface area contributed by atoms with Crippen LogP contribution in [-0.4, -0.2) is 22.4 Å². The summed E-state index contributed by atoms with van der Waals surface area (Å²) in [5, 5.41) is 20.3. The maximum absolute atomic E-state index is 10.1. The highest BCUT2D eigenvalue weighted by molar-refractivity contribution is 5.38. The molecule has 0 fully saturated rings.